The molecule has 11 heavy (non-hydrogen) atoms. The van der Waals surface area contributed by atoms with E-state index in [0.29, 0.717) is 0 Å². The molecule has 0 amide bonds. The minimum Gasteiger partial charge on any atom is -0.382 e. The summed E-state index contributed by atoms with van der Waals surface area (Å²) in [6, 6.07) is 6.08. The molecular formula is C9H9NO. The molecule has 0 saturated heterocycles. The summed E-state index contributed by atoms with van der Waals surface area (Å²) in [6.45, 7) is 2.03. The number of benzene rings is 1. The molecule has 56 valence electrons. The predicted octanol–water partition coefficient (Wildman–Crippen LogP) is 1.86. The molecule has 0 spiro atoms. The number of hydrogen-bond donors (Lipinski definition) is 1. The third-order valence-electron chi connectivity index (χ3n) is 1.73. The van der Waals surface area contributed by atoms with Crippen molar-refractivity contribution in [1.29, 1.82) is 0 Å². The van der Waals surface area contributed by atoms with Gasteiger partial charge in [-0.2, -0.15) is 0 Å². The summed E-state index contributed by atoms with van der Waals surface area (Å²) >= 11 is 0. The van der Waals surface area contributed by atoms with Gasteiger partial charge in [-0.15, -0.1) is 0 Å². The van der Waals surface area contributed by atoms with Gasteiger partial charge in [-0.05, 0) is 18.6 Å². The van der Waals surface area contributed by atoms with Crippen LogP contribution in [0.5, 0.6) is 5.75 Å². The van der Waals surface area contributed by atoms with Gasteiger partial charge in [0.15, 0.2) is 5.75 Å². The highest BCUT2D eigenvalue weighted by Crippen LogP contribution is 2.25. The zero-order valence-electron chi connectivity index (χ0n) is 6.29. The van der Waals surface area contributed by atoms with E-state index in [9.17, 15) is 0 Å². The van der Waals surface area contributed by atoms with Gasteiger partial charge in [0.25, 0.3) is 0 Å². The Balaban J connectivity index is 2.60. The molecule has 0 radical (unpaired) electrons. The lowest BCUT2D eigenvalue weighted by atomic mass is 10.1. The molecule has 0 bridgehead atoms. The van der Waals surface area contributed by atoms with Crippen molar-refractivity contribution in [3.8, 4) is 5.75 Å². The summed E-state index contributed by atoms with van der Waals surface area (Å²) in [6.07, 6.45) is 3.77. The maximum atomic E-state index is 5.22. The van der Waals surface area contributed by atoms with Crippen LogP contribution >= 0.6 is 0 Å². The third-order valence-corrected chi connectivity index (χ3v) is 1.73. The minimum absolute atomic E-state index is 0.926. The first-order chi connectivity index (χ1) is 5.38. The molecule has 1 aromatic carbocycles. The highest BCUT2D eigenvalue weighted by molar-refractivity contribution is 5.60. The summed E-state index contributed by atoms with van der Waals surface area (Å²) in [5.74, 6) is 0.926. The van der Waals surface area contributed by atoms with Gasteiger partial charge in [-0.3, -0.25) is 0 Å². The summed E-state index contributed by atoms with van der Waals surface area (Å²) in [5.41, 5.74) is 4.98. The van der Waals surface area contributed by atoms with E-state index >= 15 is 0 Å². The van der Waals surface area contributed by atoms with Gasteiger partial charge in [-0.1, -0.05) is 18.2 Å². The predicted molar refractivity (Wildman–Crippen MR) is 44.0 cm³/mol. The van der Waals surface area contributed by atoms with Crippen molar-refractivity contribution < 1.29 is 4.84 Å². The largest absolute Gasteiger partial charge is 0.382 e. The first-order valence-electron chi connectivity index (χ1n) is 3.56. The molecule has 0 unspecified atom stereocenters. The van der Waals surface area contributed by atoms with Crippen molar-refractivity contribution in [3.63, 3.8) is 0 Å². The first-order valence-corrected chi connectivity index (χ1v) is 3.56. The number of hydrogen-bond acceptors (Lipinski definition) is 2. The van der Waals surface area contributed by atoms with Crippen LogP contribution < -0.4 is 10.3 Å². The lowest BCUT2D eigenvalue weighted by Gasteiger charge is -2.14. The van der Waals surface area contributed by atoms with Gasteiger partial charge in [0.05, 0.1) is 0 Å². The Morgan fingerprint density at radius 3 is 3.09 bits per heavy atom. The number of aryl methyl sites for hydroxylation is 1. The molecule has 1 aliphatic rings. The Hall–Kier alpha value is -1.44. The normalized spacial score (nSPS) is 13.2. The van der Waals surface area contributed by atoms with Gasteiger partial charge in [0.1, 0.15) is 0 Å². The second-order valence-corrected chi connectivity index (χ2v) is 2.55. The molecule has 2 nitrogen and oxygen atoms in total. The molecule has 1 N–H and O–H groups in total. The van der Waals surface area contributed by atoms with Gasteiger partial charge in [0, 0.05) is 11.8 Å². The van der Waals surface area contributed by atoms with Gasteiger partial charge >= 0.3 is 0 Å². The molecule has 0 fully saturated rings. The highest BCUT2D eigenvalue weighted by Gasteiger charge is 2.06. The van der Waals surface area contributed by atoms with E-state index < -0.39 is 0 Å². The highest BCUT2D eigenvalue weighted by atomic mass is 16.6. The SMILES string of the molecule is Cc1cccc2c1ONC=C2. The van der Waals surface area contributed by atoms with E-state index in [4.69, 9.17) is 4.84 Å². The Morgan fingerprint density at radius 2 is 2.27 bits per heavy atom. The molecule has 2 heteroatoms. The molecule has 0 aromatic heterocycles. The smallest absolute Gasteiger partial charge is 0.165 e. The molecule has 1 aliphatic heterocycles. The molecule has 0 atom stereocenters. The Morgan fingerprint density at radius 1 is 1.36 bits per heavy atom. The fraction of sp³-hybridized carbons (Fsp3) is 0.111. The van der Waals surface area contributed by atoms with E-state index in [1.165, 1.54) is 0 Å². The van der Waals surface area contributed by atoms with Crippen molar-refractivity contribution >= 4 is 6.08 Å². The van der Waals surface area contributed by atoms with Gasteiger partial charge < -0.3 is 4.84 Å². The van der Waals surface area contributed by atoms with Crippen LogP contribution in [0.15, 0.2) is 24.4 Å². The summed E-state index contributed by atoms with van der Waals surface area (Å²) in [7, 11) is 0. The van der Waals surface area contributed by atoms with Crippen molar-refractivity contribution in [1.82, 2.24) is 5.48 Å². The quantitative estimate of drug-likeness (QED) is 0.604. The van der Waals surface area contributed by atoms with Crippen LogP contribution in [0.4, 0.5) is 0 Å². The maximum Gasteiger partial charge on any atom is 0.165 e. The van der Waals surface area contributed by atoms with Crippen LogP contribution in [-0.2, 0) is 0 Å². The number of fused-ring (bicyclic) bond motifs is 1. The van der Waals surface area contributed by atoms with Crippen LogP contribution in [0.1, 0.15) is 11.1 Å². The second-order valence-electron chi connectivity index (χ2n) is 2.55. The zero-order chi connectivity index (χ0) is 7.68. The van der Waals surface area contributed by atoms with Crippen LogP contribution in [0, 0.1) is 6.92 Å². The number of hydroxylamine groups is 1. The van der Waals surface area contributed by atoms with E-state index in [-0.39, 0.29) is 0 Å². The van der Waals surface area contributed by atoms with E-state index in [2.05, 4.69) is 5.48 Å². The fourth-order valence-corrected chi connectivity index (χ4v) is 1.16. The van der Waals surface area contributed by atoms with Crippen molar-refractivity contribution in [2.45, 2.75) is 6.92 Å². The van der Waals surface area contributed by atoms with Crippen LogP contribution in [0.25, 0.3) is 6.08 Å². The standard InChI is InChI=1S/C9H9NO/c1-7-3-2-4-8-5-6-10-11-9(7)8/h2-6,10H,1H3. The first kappa shape index (κ1) is 6.28. The lowest BCUT2D eigenvalue weighted by molar-refractivity contribution is 0.237. The van der Waals surface area contributed by atoms with E-state index in [1.807, 2.05) is 31.2 Å². The Kier molecular flexibility index (Phi) is 1.32. The summed E-state index contributed by atoms with van der Waals surface area (Å²) in [4.78, 5) is 5.22. The second kappa shape index (κ2) is 2.31. The van der Waals surface area contributed by atoms with Gasteiger partial charge in [-0.25, -0.2) is 5.48 Å². The van der Waals surface area contributed by atoms with E-state index in [0.717, 1.165) is 16.9 Å². The van der Waals surface area contributed by atoms with Crippen molar-refractivity contribution in [2.75, 3.05) is 0 Å². The topological polar surface area (TPSA) is 21.3 Å². The van der Waals surface area contributed by atoms with Crippen molar-refractivity contribution in [3.05, 3.63) is 35.5 Å². The molecule has 2 rings (SSSR count). The average molecular weight is 147 g/mol. The minimum atomic E-state index is 0.926. The number of nitrogens with one attached hydrogen (secondary N) is 1. The molecule has 0 aliphatic carbocycles. The Labute approximate surface area is 65.4 Å². The van der Waals surface area contributed by atoms with Gasteiger partial charge in [0.2, 0.25) is 0 Å². The number of para-hydroxylation sites is 1. The van der Waals surface area contributed by atoms with Crippen LogP contribution in [0.2, 0.25) is 0 Å². The van der Waals surface area contributed by atoms with Crippen LogP contribution in [0.3, 0.4) is 0 Å². The molecule has 0 saturated carbocycles. The third kappa shape index (κ3) is 0.963. The maximum absolute atomic E-state index is 5.22. The summed E-state index contributed by atoms with van der Waals surface area (Å²) in [5, 5.41) is 0. The molecule has 1 heterocycles. The molecule has 1 aromatic rings. The lowest BCUT2D eigenvalue weighted by Crippen LogP contribution is -2.14. The Bertz CT molecular complexity index is 304. The van der Waals surface area contributed by atoms with E-state index in [1.54, 1.807) is 6.20 Å². The monoisotopic (exact) mass is 147 g/mol. The fourth-order valence-electron chi connectivity index (χ4n) is 1.16. The zero-order valence-corrected chi connectivity index (χ0v) is 6.29. The summed E-state index contributed by atoms with van der Waals surface area (Å²) < 4.78 is 0. The number of rotatable bonds is 0. The van der Waals surface area contributed by atoms with Crippen molar-refractivity contribution in [2.24, 2.45) is 0 Å². The van der Waals surface area contributed by atoms with Crippen LogP contribution in [-0.4, -0.2) is 0 Å². The molecular weight excluding hydrogens is 138 g/mol. The average Bonchev–Trinajstić information content (AvgIpc) is 2.06.